The molecule has 7 heteroatoms. The van der Waals surface area contributed by atoms with Crippen LogP contribution in [0.15, 0.2) is 211 Å². The number of para-hydroxylation sites is 4. The predicted octanol–water partition coefficient (Wildman–Crippen LogP) is 14.5. The van der Waals surface area contributed by atoms with Gasteiger partial charge in [0.2, 0.25) is 0 Å². The summed E-state index contributed by atoms with van der Waals surface area (Å²) in [6, 6.07) is 73.0. The molecule has 302 valence electrons. The largest absolute Gasteiger partial charge is 0.454 e. The van der Waals surface area contributed by atoms with Crippen LogP contribution in [0, 0.1) is 11.3 Å². The molecule has 0 aliphatic rings. The smallest absolute Gasteiger partial charge is 0.166 e. The van der Waals surface area contributed by atoms with Gasteiger partial charge in [0.25, 0.3) is 0 Å². The van der Waals surface area contributed by atoms with E-state index < -0.39 is 0 Å². The van der Waals surface area contributed by atoms with Gasteiger partial charge in [-0.2, -0.15) is 5.26 Å². The van der Waals surface area contributed by atoms with Crippen LogP contribution in [0.4, 0.5) is 0 Å². The van der Waals surface area contributed by atoms with E-state index >= 15 is 0 Å². The van der Waals surface area contributed by atoms with Crippen LogP contribution in [-0.4, -0.2) is 24.1 Å². The topological polar surface area (TPSA) is 85.5 Å². The van der Waals surface area contributed by atoms with Gasteiger partial charge in [0.05, 0.1) is 45.1 Å². The van der Waals surface area contributed by atoms with Gasteiger partial charge in [-0.3, -0.25) is 0 Å². The molecule has 13 rings (SSSR count). The minimum Gasteiger partial charge on any atom is -0.454 e. The number of furan rings is 1. The van der Waals surface area contributed by atoms with Crippen molar-refractivity contribution in [2.24, 2.45) is 0 Å². The second-order valence-corrected chi connectivity index (χ2v) is 16.2. The Bertz CT molecular complexity index is 4080. The second-order valence-electron chi connectivity index (χ2n) is 16.2. The van der Waals surface area contributed by atoms with Crippen molar-refractivity contribution in [1.29, 1.82) is 5.26 Å². The summed E-state index contributed by atoms with van der Waals surface area (Å²) in [6.45, 7) is 0. The number of rotatable bonds is 6. The summed E-state index contributed by atoms with van der Waals surface area (Å²) in [6.07, 6.45) is 0. The first-order valence-electron chi connectivity index (χ1n) is 21.6. The van der Waals surface area contributed by atoms with Crippen LogP contribution in [0.2, 0.25) is 0 Å². The summed E-state index contributed by atoms with van der Waals surface area (Å²) in [7, 11) is 0. The average Bonchev–Trinajstić information content (AvgIpc) is 4.04. The van der Waals surface area contributed by atoms with Crippen molar-refractivity contribution >= 4 is 65.6 Å². The highest BCUT2D eigenvalue weighted by Gasteiger charge is 2.25. The second kappa shape index (κ2) is 14.5. The number of benzene rings is 9. The van der Waals surface area contributed by atoms with Crippen LogP contribution in [0.3, 0.4) is 0 Å². The minimum atomic E-state index is 0.459. The van der Waals surface area contributed by atoms with Gasteiger partial charge >= 0.3 is 0 Å². The van der Waals surface area contributed by atoms with Gasteiger partial charge in [0, 0.05) is 49.0 Å². The maximum atomic E-state index is 10.5. The summed E-state index contributed by atoms with van der Waals surface area (Å²) in [4.78, 5) is 15.7. The highest BCUT2D eigenvalue weighted by Crippen LogP contribution is 2.45. The molecule has 0 bridgehead atoms. The zero-order valence-electron chi connectivity index (χ0n) is 34.7. The van der Waals surface area contributed by atoms with E-state index in [-0.39, 0.29) is 0 Å². The molecule has 9 aromatic carbocycles. The van der Waals surface area contributed by atoms with Crippen molar-refractivity contribution < 1.29 is 4.42 Å². The van der Waals surface area contributed by atoms with Gasteiger partial charge in [0.1, 0.15) is 5.58 Å². The van der Waals surface area contributed by atoms with Crippen molar-refractivity contribution in [3.05, 3.63) is 212 Å². The Morgan fingerprint density at radius 1 is 0.400 bits per heavy atom. The first-order valence-corrected chi connectivity index (χ1v) is 21.6. The van der Waals surface area contributed by atoms with E-state index in [0.717, 1.165) is 99.2 Å². The van der Waals surface area contributed by atoms with Gasteiger partial charge in [-0.05, 0) is 59.7 Å². The van der Waals surface area contributed by atoms with Crippen molar-refractivity contribution in [2.75, 3.05) is 0 Å². The lowest BCUT2D eigenvalue weighted by Crippen LogP contribution is -2.04. The summed E-state index contributed by atoms with van der Waals surface area (Å²) in [5.41, 5.74) is 12.7. The molecule has 0 saturated carbocycles. The van der Waals surface area contributed by atoms with Crippen molar-refractivity contribution in [3.63, 3.8) is 0 Å². The maximum Gasteiger partial charge on any atom is 0.166 e. The van der Waals surface area contributed by atoms with Gasteiger partial charge < -0.3 is 13.6 Å². The lowest BCUT2D eigenvalue weighted by Gasteiger charge is -2.16. The van der Waals surface area contributed by atoms with Crippen LogP contribution < -0.4 is 0 Å². The van der Waals surface area contributed by atoms with E-state index in [2.05, 4.69) is 130 Å². The Morgan fingerprint density at radius 2 is 1.02 bits per heavy atom. The fraction of sp³-hybridized carbons (Fsp3) is 0. The maximum absolute atomic E-state index is 10.5. The molecule has 7 nitrogen and oxygen atoms in total. The van der Waals surface area contributed by atoms with Crippen LogP contribution in [0.25, 0.3) is 122 Å². The minimum absolute atomic E-state index is 0.459. The van der Waals surface area contributed by atoms with E-state index in [9.17, 15) is 5.26 Å². The Hall–Kier alpha value is -9.12. The molecule has 0 saturated heterocycles. The summed E-state index contributed by atoms with van der Waals surface area (Å²) in [5.74, 6) is 1.53. The normalized spacial score (nSPS) is 11.7. The number of aromatic nitrogens is 5. The average molecular weight is 831 g/mol. The van der Waals surface area contributed by atoms with Gasteiger partial charge in [-0.1, -0.05) is 158 Å². The number of nitriles is 1. The van der Waals surface area contributed by atoms with Crippen LogP contribution in [0.5, 0.6) is 0 Å². The number of nitrogens with zero attached hydrogens (tertiary/aromatic N) is 6. The first kappa shape index (κ1) is 36.5. The molecule has 0 N–H and O–H groups in total. The number of hydrogen-bond donors (Lipinski definition) is 0. The molecule has 65 heavy (non-hydrogen) atoms. The SMILES string of the molecule is N#Cc1ccc(-n2c3ccccc3c3ccc4c(c5ccccc5n4-c4cccc5c4oc4ccccc45)c32)c(-c2nc(-c3ccccc3)nc(-c3ccccc3-c3ccccc3)n2)c1. The predicted molar refractivity (Wildman–Crippen MR) is 262 cm³/mol. The van der Waals surface area contributed by atoms with Crippen molar-refractivity contribution in [1.82, 2.24) is 24.1 Å². The van der Waals surface area contributed by atoms with E-state index in [4.69, 9.17) is 19.4 Å². The van der Waals surface area contributed by atoms with Crippen molar-refractivity contribution in [2.45, 2.75) is 0 Å². The monoisotopic (exact) mass is 830 g/mol. The molecular formula is C58H34N6O. The fourth-order valence-corrected chi connectivity index (χ4v) is 9.79. The highest BCUT2D eigenvalue weighted by atomic mass is 16.3. The van der Waals surface area contributed by atoms with Crippen LogP contribution >= 0.6 is 0 Å². The van der Waals surface area contributed by atoms with Gasteiger partial charge in [-0.25, -0.2) is 15.0 Å². The molecule has 0 unspecified atom stereocenters. The lowest BCUT2D eigenvalue weighted by molar-refractivity contribution is 0.666. The number of hydrogen-bond acceptors (Lipinski definition) is 5. The Balaban J connectivity index is 1.13. The molecule has 13 aromatic rings. The van der Waals surface area contributed by atoms with E-state index in [0.29, 0.717) is 28.6 Å². The van der Waals surface area contributed by atoms with Crippen LogP contribution in [0.1, 0.15) is 5.56 Å². The molecule has 0 amide bonds. The van der Waals surface area contributed by atoms with Crippen LogP contribution in [-0.2, 0) is 0 Å². The number of fused-ring (bicyclic) bond motifs is 10. The molecule has 0 aliphatic carbocycles. The summed E-state index contributed by atoms with van der Waals surface area (Å²) >= 11 is 0. The molecular weight excluding hydrogens is 797 g/mol. The highest BCUT2D eigenvalue weighted by molar-refractivity contribution is 6.26. The van der Waals surface area contributed by atoms with E-state index in [1.54, 1.807) is 0 Å². The standard InChI is InChI=1S/C58H34N6O/c59-35-36-30-32-49(46(34-36)58-61-56(38-18-5-2-6-19-38)60-57(62-58)44-23-8-7-20-39(44)37-16-3-1-4-17-37)64-47-26-12-9-21-40(47)42-31-33-50-53(54(42)64)45-24-10-13-27-48(45)63(50)51-28-15-25-43-41-22-11-14-29-52(41)65-55(43)51/h1-34H. The molecule has 0 atom stereocenters. The quantitative estimate of drug-likeness (QED) is 0.167. The molecule has 4 aromatic heterocycles. The Morgan fingerprint density at radius 3 is 1.80 bits per heavy atom. The third-order valence-corrected chi connectivity index (χ3v) is 12.6. The zero-order chi connectivity index (χ0) is 43.0. The molecule has 0 fully saturated rings. The van der Waals surface area contributed by atoms with E-state index in [1.165, 1.54) is 0 Å². The lowest BCUT2D eigenvalue weighted by atomic mass is 9.99. The molecule has 0 spiro atoms. The van der Waals surface area contributed by atoms with E-state index in [1.807, 2.05) is 91.0 Å². The summed E-state index contributed by atoms with van der Waals surface area (Å²) in [5, 5.41) is 17.0. The molecule has 4 heterocycles. The third-order valence-electron chi connectivity index (χ3n) is 12.6. The third kappa shape index (κ3) is 5.64. The Kier molecular flexibility index (Phi) is 8.14. The molecule has 0 radical (unpaired) electrons. The van der Waals surface area contributed by atoms with Gasteiger partial charge in [-0.15, -0.1) is 0 Å². The zero-order valence-corrected chi connectivity index (χ0v) is 34.7. The Labute approximate surface area is 372 Å². The fourth-order valence-electron chi connectivity index (χ4n) is 9.79. The van der Waals surface area contributed by atoms with Gasteiger partial charge in [0.15, 0.2) is 23.1 Å². The first-order chi connectivity index (χ1) is 32.2. The van der Waals surface area contributed by atoms with Crippen molar-refractivity contribution in [3.8, 4) is 62.7 Å². The molecule has 0 aliphatic heterocycles. The summed E-state index contributed by atoms with van der Waals surface area (Å²) < 4.78 is 11.3.